The van der Waals surface area contributed by atoms with Crippen molar-refractivity contribution >= 4 is 17.6 Å². The van der Waals surface area contributed by atoms with Crippen LogP contribution in [-0.2, 0) is 19.1 Å². The van der Waals surface area contributed by atoms with Crippen molar-refractivity contribution in [3.8, 4) is 0 Å². The van der Waals surface area contributed by atoms with Crippen LogP contribution in [0.1, 0.15) is 24.8 Å². The molecule has 0 fully saturated rings. The number of nitrogens with zero attached hydrogens (tertiary/aromatic N) is 1. The first kappa shape index (κ1) is 16.4. The van der Waals surface area contributed by atoms with Crippen molar-refractivity contribution in [1.82, 2.24) is 0 Å². The number of ether oxygens (including phenoxy) is 2. The SMILES string of the molecule is COC(=O)C1=CCC(OC(C)=O)=CC1c1cccc([N+](=O)[O-])c1. The molecule has 0 amide bonds. The van der Waals surface area contributed by atoms with Crippen LogP contribution in [0, 0.1) is 10.1 Å². The molecular weight excluding hydrogens is 302 g/mol. The summed E-state index contributed by atoms with van der Waals surface area (Å²) in [6.07, 6.45) is 3.48. The zero-order valence-electron chi connectivity index (χ0n) is 12.6. The first-order valence-corrected chi connectivity index (χ1v) is 6.84. The van der Waals surface area contributed by atoms with Gasteiger partial charge in [0, 0.05) is 37.0 Å². The van der Waals surface area contributed by atoms with Gasteiger partial charge < -0.3 is 9.47 Å². The minimum absolute atomic E-state index is 0.0836. The van der Waals surface area contributed by atoms with Crippen molar-refractivity contribution in [2.45, 2.75) is 19.3 Å². The zero-order valence-corrected chi connectivity index (χ0v) is 12.6. The molecule has 1 unspecified atom stereocenters. The molecular formula is C16H15NO6. The largest absolute Gasteiger partial charge is 0.466 e. The van der Waals surface area contributed by atoms with Crippen molar-refractivity contribution in [3.05, 3.63) is 63.4 Å². The van der Waals surface area contributed by atoms with Crippen molar-refractivity contribution in [2.75, 3.05) is 7.11 Å². The van der Waals surface area contributed by atoms with Crippen molar-refractivity contribution in [1.29, 1.82) is 0 Å². The highest BCUT2D eigenvalue weighted by Gasteiger charge is 2.27. The molecule has 0 saturated carbocycles. The molecule has 0 heterocycles. The lowest BCUT2D eigenvalue weighted by Crippen LogP contribution is -2.16. The van der Waals surface area contributed by atoms with Gasteiger partial charge in [0.1, 0.15) is 5.76 Å². The van der Waals surface area contributed by atoms with Crippen molar-refractivity contribution in [2.24, 2.45) is 0 Å². The molecule has 1 atom stereocenters. The van der Waals surface area contributed by atoms with Crippen molar-refractivity contribution < 1.29 is 24.0 Å². The van der Waals surface area contributed by atoms with Gasteiger partial charge in [-0.3, -0.25) is 14.9 Å². The van der Waals surface area contributed by atoms with Gasteiger partial charge in [-0.05, 0) is 11.6 Å². The number of allylic oxidation sites excluding steroid dienone is 2. The van der Waals surface area contributed by atoms with Crippen LogP contribution >= 0.6 is 0 Å². The number of carbonyl (C=O) groups excluding carboxylic acids is 2. The van der Waals surface area contributed by atoms with Crippen LogP contribution in [0.2, 0.25) is 0 Å². The van der Waals surface area contributed by atoms with Crippen molar-refractivity contribution in [3.63, 3.8) is 0 Å². The van der Waals surface area contributed by atoms with Gasteiger partial charge in [0.2, 0.25) is 0 Å². The topological polar surface area (TPSA) is 95.7 Å². The maximum absolute atomic E-state index is 11.9. The molecule has 7 heteroatoms. The fourth-order valence-electron chi connectivity index (χ4n) is 2.38. The van der Waals surface area contributed by atoms with E-state index in [1.165, 1.54) is 32.2 Å². The second-order valence-corrected chi connectivity index (χ2v) is 4.91. The second kappa shape index (κ2) is 6.87. The van der Waals surface area contributed by atoms with Gasteiger partial charge in [-0.1, -0.05) is 18.2 Å². The van der Waals surface area contributed by atoms with Gasteiger partial charge in [0.25, 0.3) is 5.69 Å². The van der Waals surface area contributed by atoms with E-state index >= 15 is 0 Å². The molecule has 0 saturated heterocycles. The van der Waals surface area contributed by atoms with Crippen LogP contribution in [0.15, 0.2) is 47.7 Å². The van der Waals surface area contributed by atoms with E-state index in [-0.39, 0.29) is 12.1 Å². The molecule has 1 aromatic rings. The Kier molecular flexibility index (Phi) is 4.90. The Morgan fingerprint density at radius 2 is 2.09 bits per heavy atom. The summed E-state index contributed by atoms with van der Waals surface area (Å²) >= 11 is 0. The van der Waals surface area contributed by atoms with Gasteiger partial charge >= 0.3 is 11.9 Å². The summed E-state index contributed by atoms with van der Waals surface area (Å²) in [6, 6.07) is 5.96. The van der Waals surface area contributed by atoms with Gasteiger partial charge in [-0.25, -0.2) is 4.79 Å². The summed E-state index contributed by atoms with van der Waals surface area (Å²) in [4.78, 5) is 33.5. The van der Waals surface area contributed by atoms with E-state index in [9.17, 15) is 19.7 Å². The number of esters is 2. The summed E-state index contributed by atoms with van der Waals surface area (Å²) in [5.74, 6) is -1.18. The fourth-order valence-corrected chi connectivity index (χ4v) is 2.38. The van der Waals surface area contributed by atoms with Gasteiger partial charge in [0.15, 0.2) is 0 Å². The Morgan fingerprint density at radius 3 is 2.70 bits per heavy atom. The average molecular weight is 317 g/mol. The maximum Gasteiger partial charge on any atom is 0.334 e. The van der Waals surface area contributed by atoms with Crippen LogP contribution in [0.25, 0.3) is 0 Å². The third-order valence-electron chi connectivity index (χ3n) is 3.35. The zero-order chi connectivity index (χ0) is 17.0. The molecule has 2 rings (SSSR count). The smallest absolute Gasteiger partial charge is 0.334 e. The van der Waals surface area contributed by atoms with E-state index < -0.39 is 22.8 Å². The van der Waals surface area contributed by atoms with E-state index in [0.717, 1.165) is 0 Å². The Balaban J connectivity index is 2.44. The normalized spacial score (nSPS) is 16.9. The average Bonchev–Trinajstić information content (AvgIpc) is 2.53. The standard InChI is InChI=1S/C16H15NO6/c1-10(18)23-13-6-7-14(16(19)22-2)15(9-13)11-4-3-5-12(8-11)17(20)21/h3-5,7-9,15H,6H2,1-2H3. The molecule has 0 N–H and O–H groups in total. The van der Waals surface area contributed by atoms with Gasteiger partial charge in [-0.2, -0.15) is 0 Å². The summed E-state index contributed by atoms with van der Waals surface area (Å²) in [5.41, 5.74) is 0.809. The lowest BCUT2D eigenvalue weighted by atomic mass is 9.86. The number of hydrogen-bond acceptors (Lipinski definition) is 6. The van der Waals surface area contributed by atoms with Crippen LogP contribution in [-0.4, -0.2) is 24.0 Å². The lowest BCUT2D eigenvalue weighted by molar-refractivity contribution is -0.384. The van der Waals surface area contributed by atoms with Gasteiger partial charge in [-0.15, -0.1) is 0 Å². The molecule has 0 radical (unpaired) electrons. The number of carbonyl (C=O) groups is 2. The molecule has 0 aromatic heterocycles. The number of nitro benzene ring substituents is 1. The molecule has 23 heavy (non-hydrogen) atoms. The van der Waals surface area contributed by atoms with Crippen LogP contribution < -0.4 is 0 Å². The maximum atomic E-state index is 11.9. The lowest BCUT2D eigenvalue weighted by Gasteiger charge is -2.21. The minimum atomic E-state index is -0.578. The number of nitro groups is 1. The number of rotatable bonds is 4. The molecule has 1 aromatic carbocycles. The third kappa shape index (κ3) is 3.82. The summed E-state index contributed by atoms with van der Waals surface area (Å²) < 4.78 is 9.83. The predicted molar refractivity (Wildman–Crippen MR) is 80.4 cm³/mol. The van der Waals surface area contributed by atoms with Crippen LogP contribution in [0.5, 0.6) is 0 Å². The molecule has 0 spiro atoms. The highest BCUT2D eigenvalue weighted by molar-refractivity contribution is 5.91. The molecule has 0 bridgehead atoms. The van der Waals surface area contributed by atoms with E-state index in [4.69, 9.17) is 9.47 Å². The van der Waals surface area contributed by atoms with E-state index in [0.29, 0.717) is 16.9 Å². The Bertz CT molecular complexity index is 719. The fraction of sp³-hybridized carbons (Fsp3) is 0.250. The number of methoxy groups -OCH3 is 1. The van der Waals surface area contributed by atoms with Gasteiger partial charge in [0.05, 0.1) is 12.0 Å². The highest BCUT2D eigenvalue weighted by Crippen LogP contribution is 2.34. The van der Waals surface area contributed by atoms with Crippen LogP contribution in [0.3, 0.4) is 0 Å². The monoisotopic (exact) mass is 317 g/mol. The van der Waals surface area contributed by atoms with Crippen LogP contribution in [0.4, 0.5) is 5.69 Å². The number of non-ortho nitro benzene ring substituents is 1. The van der Waals surface area contributed by atoms with E-state index in [1.807, 2.05) is 0 Å². The Labute approximate surface area is 132 Å². The summed E-state index contributed by atoms with van der Waals surface area (Å²) in [5, 5.41) is 10.9. The first-order valence-electron chi connectivity index (χ1n) is 6.84. The third-order valence-corrected chi connectivity index (χ3v) is 3.35. The summed E-state index contributed by atoms with van der Waals surface area (Å²) in [7, 11) is 1.26. The Hall–Kier alpha value is -2.96. The second-order valence-electron chi connectivity index (χ2n) is 4.91. The Morgan fingerprint density at radius 1 is 1.35 bits per heavy atom. The number of benzene rings is 1. The molecule has 0 aliphatic heterocycles. The quantitative estimate of drug-likeness (QED) is 0.481. The van der Waals surface area contributed by atoms with E-state index in [2.05, 4.69) is 0 Å². The van der Waals surface area contributed by atoms with E-state index in [1.54, 1.807) is 18.2 Å². The predicted octanol–water partition coefficient (Wildman–Crippen LogP) is 2.63. The summed E-state index contributed by atoms with van der Waals surface area (Å²) in [6.45, 7) is 1.28. The molecule has 1 aliphatic carbocycles. The minimum Gasteiger partial charge on any atom is -0.466 e. The highest BCUT2D eigenvalue weighted by atomic mass is 16.6. The molecule has 1 aliphatic rings. The molecule has 7 nitrogen and oxygen atoms in total. The first-order chi connectivity index (χ1) is 10.9. The molecule has 120 valence electrons. The number of hydrogen-bond donors (Lipinski definition) is 0.